The van der Waals surface area contributed by atoms with Crippen LogP contribution in [0.25, 0.3) is 0 Å². The molecule has 3 nitrogen and oxygen atoms in total. The lowest BCUT2D eigenvalue weighted by Gasteiger charge is -2.22. The van der Waals surface area contributed by atoms with Crippen LogP contribution in [0.1, 0.15) is 5.56 Å². The molecule has 4 heteroatoms. The van der Waals surface area contributed by atoms with Crippen molar-refractivity contribution in [2.45, 2.75) is 6.92 Å². The van der Waals surface area contributed by atoms with Crippen LogP contribution in [0.2, 0.25) is 0 Å². The van der Waals surface area contributed by atoms with Gasteiger partial charge in [0.15, 0.2) is 11.5 Å². The van der Waals surface area contributed by atoms with Crippen LogP contribution in [-0.2, 0) is 0 Å². The predicted octanol–water partition coefficient (Wildman–Crippen LogP) is 2.38. The molecule has 0 saturated carbocycles. The molecule has 16 heavy (non-hydrogen) atoms. The Morgan fingerprint density at radius 2 is 1.75 bits per heavy atom. The van der Waals surface area contributed by atoms with Crippen LogP contribution < -0.4 is 14.4 Å². The first-order valence-electron chi connectivity index (χ1n) is 5.18. The summed E-state index contributed by atoms with van der Waals surface area (Å²) in [6.07, 6.45) is 0. The van der Waals surface area contributed by atoms with Gasteiger partial charge in [-0.15, -0.1) is 0 Å². The summed E-state index contributed by atoms with van der Waals surface area (Å²) in [6.45, 7) is 2.96. The molecular weight excluding hydrogens is 222 g/mol. The van der Waals surface area contributed by atoms with Gasteiger partial charge >= 0.3 is 0 Å². The smallest absolute Gasteiger partial charge is 0.162 e. The van der Waals surface area contributed by atoms with Gasteiger partial charge in [0.1, 0.15) is 0 Å². The zero-order valence-corrected chi connectivity index (χ0v) is 11.2. The number of methoxy groups -OCH3 is 2. The number of rotatable bonds is 5. The summed E-state index contributed by atoms with van der Waals surface area (Å²) >= 11 is 4.23. The summed E-state index contributed by atoms with van der Waals surface area (Å²) in [5.74, 6) is 2.35. The molecular formula is C12H19NO2S. The van der Waals surface area contributed by atoms with Crippen molar-refractivity contribution in [1.82, 2.24) is 0 Å². The lowest BCUT2D eigenvalue weighted by atomic mass is 10.1. The van der Waals surface area contributed by atoms with E-state index in [-0.39, 0.29) is 0 Å². The van der Waals surface area contributed by atoms with Crippen molar-refractivity contribution in [2.75, 3.05) is 38.5 Å². The Morgan fingerprint density at radius 3 is 2.25 bits per heavy atom. The minimum Gasteiger partial charge on any atom is -0.493 e. The van der Waals surface area contributed by atoms with Crippen molar-refractivity contribution in [3.8, 4) is 11.5 Å². The van der Waals surface area contributed by atoms with Crippen molar-refractivity contribution in [1.29, 1.82) is 0 Å². The van der Waals surface area contributed by atoms with Gasteiger partial charge in [-0.05, 0) is 18.6 Å². The van der Waals surface area contributed by atoms with Crippen LogP contribution >= 0.6 is 12.6 Å². The summed E-state index contributed by atoms with van der Waals surface area (Å²) in [5.41, 5.74) is 2.31. The number of hydrogen-bond donors (Lipinski definition) is 1. The zero-order valence-electron chi connectivity index (χ0n) is 10.3. The molecule has 0 spiro atoms. The monoisotopic (exact) mass is 241 g/mol. The van der Waals surface area contributed by atoms with Gasteiger partial charge in [0.25, 0.3) is 0 Å². The normalized spacial score (nSPS) is 10.1. The lowest BCUT2D eigenvalue weighted by molar-refractivity contribution is 0.355. The number of thiol groups is 1. The second-order valence-corrected chi connectivity index (χ2v) is 4.09. The van der Waals surface area contributed by atoms with Gasteiger partial charge in [0.05, 0.1) is 14.2 Å². The van der Waals surface area contributed by atoms with E-state index >= 15 is 0 Å². The molecule has 0 N–H and O–H groups in total. The maximum Gasteiger partial charge on any atom is 0.162 e. The van der Waals surface area contributed by atoms with E-state index in [2.05, 4.69) is 24.5 Å². The number of hydrogen-bond acceptors (Lipinski definition) is 4. The molecule has 0 fully saturated rings. The highest BCUT2D eigenvalue weighted by Crippen LogP contribution is 2.34. The minimum atomic E-state index is 0.758. The summed E-state index contributed by atoms with van der Waals surface area (Å²) in [4.78, 5) is 2.16. The summed E-state index contributed by atoms with van der Waals surface area (Å²) in [5, 5.41) is 0. The van der Waals surface area contributed by atoms with E-state index in [1.165, 1.54) is 5.56 Å². The number of benzene rings is 1. The van der Waals surface area contributed by atoms with Crippen LogP contribution in [0.5, 0.6) is 11.5 Å². The molecule has 0 atom stereocenters. The highest BCUT2D eigenvalue weighted by atomic mass is 32.1. The highest BCUT2D eigenvalue weighted by Gasteiger charge is 2.10. The van der Waals surface area contributed by atoms with Crippen LogP contribution in [0.3, 0.4) is 0 Å². The third-order valence-corrected chi connectivity index (χ3v) is 2.75. The van der Waals surface area contributed by atoms with Crippen molar-refractivity contribution < 1.29 is 9.47 Å². The van der Waals surface area contributed by atoms with Gasteiger partial charge in [-0.1, -0.05) is 0 Å². The number of aryl methyl sites for hydroxylation is 1. The van der Waals surface area contributed by atoms with Gasteiger partial charge in [-0.3, -0.25) is 0 Å². The summed E-state index contributed by atoms with van der Waals surface area (Å²) in [6, 6.07) is 3.99. The molecule has 0 unspecified atom stereocenters. The van der Waals surface area contributed by atoms with Crippen LogP contribution in [0, 0.1) is 6.92 Å². The predicted molar refractivity (Wildman–Crippen MR) is 71.4 cm³/mol. The third kappa shape index (κ3) is 2.76. The fourth-order valence-electron chi connectivity index (χ4n) is 1.65. The summed E-state index contributed by atoms with van der Waals surface area (Å²) < 4.78 is 10.5. The Hall–Kier alpha value is -1.03. The maximum atomic E-state index is 5.29. The molecule has 1 aromatic carbocycles. The topological polar surface area (TPSA) is 21.7 Å². The molecule has 0 radical (unpaired) electrons. The van der Waals surface area contributed by atoms with Crippen molar-refractivity contribution in [2.24, 2.45) is 0 Å². The van der Waals surface area contributed by atoms with Gasteiger partial charge in [-0.25, -0.2) is 0 Å². The molecule has 1 aromatic rings. The molecule has 0 aliphatic rings. The van der Waals surface area contributed by atoms with Gasteiger partial charge in [0, 0.05) is 31.1 Å². The molecule has 0 bridgehead atoms. The molecule has 0 aliphatic heterocycles. The highest BCUT2D eigenvalue weighted by molar-refractivity contribution is 7.80. The third-order valence-electron chi connectivity index (χ3n) is 2.55. The van der Waals surface area contributed by atoms with Crippen molar-refractivity contribution in [3.05, 3.63) is 17.7 Å². The van der Waals surface area contributed by atoms with Gasteiger partial charge in [0.2, 0.25) is 0 Å². The van der Waals surface area contributed by atoms with E-state index in [4.69, 9.17) is 9.47 Å². The first-order chi connectivity index (χ1) is 7.63. The summed E-state index contributed by atoms with van der Waals surface area (Å²) in [7, 11) is 5.34. The van der Waals surface area contributed by atoms with Gasteiger partial charge < -0.3 is 14.4 Å². The van der Waals surface area contributed by atoms with Crippen molar-refractivity contribution in [3.63, 3.8) is 0 Å². The first kappa shape index (κ1) is 13.0. The van der Waals surface area contributed by atoms with E-state index in [1.807, 2.05) is 19.2 Å². The number of anilines is 1. The Kier molecular flexibility index (Phi) is 4.80. The average Bonchev–Trinajstić information content (AvgIpc) is 2.28. The number of ether oxygens (including phenoxy) is 2. The quantitative estimate of drug-likeness (QED) is 0.800. The molecule has 1 rings (SSSR count). The van der Waals surface area contributed by atoms with E-state index in [1.54, 1.807) is 14.2 Å². The Labute approximate surface area is 103 Å². The average molecular weight is 241 g/mol. The largest absolute Gasteiger partial charge is 0.493 e. The van der Waals surface area contributed by atoms with Crippen LogP contribution in [-0.4, -0.2) is 33.6 Å². The molecule has 0 amide bonds. The fraction of sp³-hybridized carbons (Fsp3) is 0.500. The van der Waals surface area contributed by atoms with E-state index in [0.29, 0.717) is 0 Å². The van der Waals surface area contributed by atoms with Crippen molar-refractivity contribution >= 4 is 18.3 Å². The Bertz CT molecular complexity index is 355. The maximum absolute atomic E-state index is 5.29. The van der Waals surface area contributed by atoms with Crippen LogP contribution in [0.4, 0.5) is 5.69 Å². The van der Waals surface area contributed by atoms with E-state index in [0.717, 1.165) is 29.5 Å². The number of nitrogens with zero attached hydrogens (tertiary/aromatic N) is 1. The second kappa shape index (κ2) is 5.89. The molecule has 0 saturated heterocycles. The van der Waals surface area contributed by atoms with E-state index in [9.17, 15) is 0 Å². The van der Waals surface area contributed by atoms with Gasteiger partial charge in [-0.2, -0.15) is 12.6 Å². The first-order valence-corrected chi connectivity index (χ1v) is 5.82. The zero-order chi connectivity index (χ0) is 12.1. The second-order valence-electron chi connectivity index (χ2n) is 3.64. The molecule has 90 valence electrons. The molecule has 0 heterocycles. The Balaban J connectivity index is 3.10. The standard InChI is InChI=1S/C12H19NO2S/c1-9-7-11(14-3)12(15-4)8-10(9)13(2)5-6-16/h7-8,16H,5-6H2,1-4H3. The van der Waals surface area contributed by atoms with E-state index < -0.39 is 0 Å². The molecule has 0 aliphatic carbocycles. The molecule has 0 aromatic heterocycles. The lowest BCUT2D eigenvalue weighted by Crippen LogP contribution is -2.20. The Morgan fingerprint density at radius 1 is 1.19 bits per heavy atom. The fourth-order valence-corrected chi connectivity index (χ4v) is 1.95. The SMILES string of the molecule is COc1cc(C)c(N(C)CCS)cc1OC. The minimum absolute atomic E-state index is 0.758. The van der Waals surface area contributed by atoms with Crippen LogP contribution in [0.15, 0.2) is 12.1 Å².